The molecule has 1 atom stereocenters. The molecule has 1 aliphatic carbocycles. The van der Waals surface area contributed by atoms with Crippen molar-refractivity contribution in [1.29, 1.82) is 0 Å². The molecule has 0 radical (unpaired) electrons. The van der Waals surface area contributed by atoms with Crippen LogP contribution in [0.3, 0.4) is 0 Å². The van der Waals surface area contributed by atoms with Gasteiger partial charge in [-0.25, -0.2) is 0 Å². The van der Waals surface area contributed by atoms with Crippen molar-refractivity contribution >= 4 is 5.97 Å². The maximum atomic E-state index is 10.4. The standard InChI is InChI=1S/C15H20O3/c16-15(17)10-3-4-11-18-14-9-5-7-12-6-1-2-8-13(12)14/h1-2,6,8,14H,3-5,7,9-11H2,(H,16,17). The highest BCUT2D eigenvalue weighted by molar-refractivity contribution is 5.66. The minimum absolute atomic E-state index is 0.208. The van der Waals surface area contributed by atoms with Gasteiger partial charge in [0.2, 0.25) is 0 Å². The third-order valence-corrected chi connectivity index (χ3v) is 3.42. The maximum Gasteiger partial charge on any atom is 0.303 e. The first-order valence-corrected chi connectivity index (χ1v) is 6.68. The van der Waals surface area contributed by atoms with E-state index in [1.807, 2.05) is 0 Å². The van der Waals surface area contributed by atoms with Gasteiger partial charge < -0.3 is 9.84 Å². The molecule has 0 heterocycles. The van der Waals surface area contributed by atoms with E-state index in [4.69, 9.17) is 9.84 Å². The Bertz CT molecular complexity index is 400. The third-order valence-electron chi connectivity index (χ3n) is 3.42. The van der Waals surface area contributed by atoms with Gasteiger partial charge in [-0.15, -0.1) is 0 Å². The molecule has 0 spiro atoms. The first kappa shape index (κ1) is 13.1. The average Bonchev–Trinajstić information content (AvgIpc) is 2.38. The van der Waals surface area contributed by atoms with Crippen LogP contribution >= 0.6 is 0 Å². The summed E-state index contributed by atoms with van der Waals surface area (Å²) in [4.78, 5) is 10.4. The van der Waals surface area contributed by atoms with Crippen LogP contribution < -0.4 is 0 Å². The van der Waals surface area contributed by atoms with E-state index in [9.17, 15) is 4.79 Å². The van der Waals surface area contributed by atoms with Crippen LogP contribution in [0.1, 0.15) is 49.3 Å². The molecule has 1 aliphatic rings. The van der Waals surface area contributed by atoms with Crippen molar-refractivity contribution in [2.24, 2.45) is 0 Å². The van der Waals surface area contributed by atoms with Gasteiger partial charge in [0.1, 0.15) is 0 Å². The Hall–Kier alpha value is -1.35. The second kappa shape index (κ2) is 6.55. The van der Waals surface area contributed by atoms with Crippen molar-refractivity contribution in [1.82, 2.24) is 0 Å². The molecular weight excluding hydrogens is 228 g/mol. The van der Waals surface area contributed by atoms with E-state index in [0.29, 0.717) is 13.0 Å². The molecule has 3 heteroatoms. The third kappa shape index (κ3) is 3.57. The molecule has 0 bridgehead atoms. The molecule has 0 aromatic heterocycles. The van der Waals surface area contributed by atoms with Gasteiger partial charge in [-0.1, -0.05) is 24.3 Å². The number of benzene rings is 1. The normalized spacial score (nSPS) is 18.3. The van der Waals surface area contributed by atoms with Crippen LogP contribution in [0.25, 0.3) is 0 Å². The summed E-state index contributed by atoms with van der Waals surface area (Å²) in [5, 5.41) is 8.55. The molecule has 1 unspecified atom stereocenters. The Morgan fingerprint density at radius 3 is 3.00 bits per heavy atom. The van der Waals surface area contributed by atoms with Gasteiger partial charge in [-0.3, -0.25) is 4.79 Å². The molecule has 3 nitrogen and oxygen atoms in total. The van der Waals surface area contributed by atoms with E-state index in [-0.39, 0.29) is 12.5 Å². The summed E-state index contributed by atoms with van der Waals surface area (Å²) in [7, 11) is 0. The number of hydrogen-bond acceptors (Lipinski definition) is 2. The minimum Gasteiger partial charge on any atom is -0.481 e. The van der Waals surface area contributed by atoms with Gasteiger partial charge in [0.25, 0.3) is 0 Å². The number of aliphatic carboxylic acids is 1. The van der Waals surface area contributed by atoms with E-state index in [1.54, 1.807) is 0 Å². The number of ether oxygens (including phenoxy) is 1. The fraction of sp³-hybridized carbons (Fsp3) is 0.533. The number of unbranched alkanes of at least 4 members (excludes halogenated alkanes) is 1. The summed E-state index contributed by atoms with van der Waals surface area (Å²) in [6.45, 7) is 0.659. The summed E-state index contributed by atoms with van der Waals surface area (Å²) in [5.41, 5.74) is 2.72. The minimum atomic E-state index is -0.724. The van der Waals surface area contributed by atoms with Gasteiger partial charge in [0, 0.05) is 13.0 Å². The molecule has 0 fully saturated rings. The summed E-state index contributed by atoms with van der Waals surface area (Å²) < 4.78 is 5.90. The molecular formula is C15H20O3. The van der Waals surface area contributed by atoms with Crippen molar-refractivity contribution in [3.8, 4) is 0 Å². The molecule has 1 N–H and O–H groups in total. The van der Waals surface area contributed by atoms with Crippen LogP contribution in [0.2, 0.25) is 0 Å². The molecule has 0 saturated carbocycles. The van der Waals surface area contributed by atoms with Crippen LogP contribution in [-0.2, 0) is 16.0 Å². The van der Waals surface area contributed by atoms with E-state index < -0.39 is 5.97 Å². The lowest BCUT2D eigenvalue weighted by Crippen LogP contribution is -2.13. The van der Waals surface area contributed by atoms with Gasteiger partial charge in [-0.2, -0.15) is 0 Å². The number of rotatable bonds is 6. The zero-order valence-corrected chi connectivity index (χ0v) is 10.6. The zero-order chi connectivity index (χ0) is 12.8. The molecule has 0 amide bonds. The van der Waals surface area contributed by atoms with E-state index in [1.165, 1.54) is 17.5 Å². The van der Waals surface area contributed by atoms with Crippen LogP contribution in [0.15, 0.2) is 24.3 Å². The summed E-state index contributed by atoms with van der Waals surface area (Å²) in [6, 6.07) is 8.46. The van der Waals surface area contributed by atoms with E-state index >= 15 is 0 Å². The molecule has 18 heavy (non-hydrogen) atoms. The first-order valence-electron chi connectivity index (χ1n) is 6.68. The Morgan fingerprint density at radius 1 is 1.33 bits per heavy atom. The topological polar surface area (TPSA) is 46.5 Å². The lowest BCUT2D eigenvalue weighted by Gasteiger charge is -2.25. The lowest BCUT2D eigenvalue weighted by atomic mass is 9.89. The SMILES string of the molecule is O=C(O)CCCCOC1CCCc2ccccc21. The predicted octanol–water partition coefficient (Wildman–Crippen LogP) is 3.34. The van der Waals surface area contributed by atoms with Crippen molar-refractivity contribution in [3.05, 3.63) is 35.4 Å². The summed E-state index contributed by atoms with van der Waals surface area (Å²) in [6.07, 6.45) is 5.38. The van der Waals surface area contributed by atoms with Crippen molar-refractivity contribution in [2.45, 2.75) is 44.6 Å². The van der Waals surface area contributed by atoms with Crippen LogP contribution in [0.4, 0.5) is 0 Å². The van der Waals surface area contributed by atoms with Gasteiger partial charge >= 0.3 is 5.97 Å². The Kier molecular flexibility index (Phi) is 4.76. The van der Waals surface area contributed by atoms with Gasteiger partial charge in [-0.05, 0) is 43.2 Å². The smallest absolute Gasteiger partial charge is 0.303 e. The van der Waals surface area contributed by atoms with E-state index in [0.717, 1.165) is 19.3 Å². The number of carboxylic acids is 1. The number of fused-ring (bicyclic) bond motifs is 1. The summed E-state index contributed by atoms with van der Waals surface area (Å²) >= 11 is 0. The number of hydrogen-bond donors (Lipinski definition) is 1. The van der Waals surface area contributed by atoms with Gasteiger partial charge in [0.05, 0.1) is 6.10 Å². The fourth-order valence-corrected chi connectivity index (χ4v) is 2.49. The second-order valence-electron chi connectivity index (χ2n) is 4.80. The van der Waals surface area contributed by atoms with Gasteiger partial charge in [0.15, 0.2) is 0 Å². The highest BCUT2D eigenvalue weighted by atomic mass is 16.5. The number of aryl methyl sites for hydroxylation is 1. The Balaban J connectivity index is 1.79. The lowest BCUT2D eigenvalue weighted by molar-refractivity contribution is -0.137. The highest BCUT2D eigenvalue weighted by Gasteiger charge is 2.19. The van der Waals surface area contributed by atoms with Crippen LogP contribution in [-0.4, -0.2) is 17.7 Å². The average molecular weight is 248 g/mol. The number of carbonyl (C=O) groups is 1. The van der Waals surface area contributed by atoms with Crippen LogP contribution in [0.5, 0.6) is 0 Å². The number of carboxylic acid groups (broad SMARTS) is 1. The molecule has 0 aliphatic heterocycles. The molecule has 1 aromatic rings. The monoisotopic (exact) mass is 248 g/mol. The maximum absolute atomic E-state index is 10.4. The van der Waals surface area contributed by atoms with Crippen LogP contribution in [0, 0.1) is 0 Å². The van der Waals surface area contributed by atoms with Crippen molar-refractivity contribution < 1.29 is 14.6 Å². The van der Waals surface area contributed by atoms with Crippen molar-refractivity contribution in [2.75, 3.05) is 6.61 Å². The predicted molar refractivity (Wildman–Crippen MR) is 69.6 cm³/mol. The highest BCUT2D eigenvalue weighted by Crippen LogP contribution is 2.32. The Morgan fingerprint density at radius 2 is 2.17 bits per heavy atom. The molecule has 2 rings (SSSR count). The quantitative estimate of drug-likeness (QED) is 0.785. The molecule has 98 valence electrons. The zero-order valence-electron chi connectivity index (χ0n) is 10.6. The first-order chi connectivity index (χ1) is 8.77. The molecule has 1 aromatic carbocycles. The Labute approximate surface area is 108 Å². The molecule has 0 saturated heterocycles. The summed E-state index contributed by atoms with van der Waals surface area (Å²) in [5.74, 6) is -0.724. The van der Waals surface area contributed by atoms with E-state index in [2.05, 4.69) is 24.3 Å². The second-order valence-corrected chi connectivity index (χ2v) is 4.80. The fourth-order valence-electron chi connectivity index (χ4n) is 2.49. The van der Waals surface area contributed by atoms with Crippen molar-refractivity contribution in [3.63, 3.8) is 0 Å². The largest absolute Gasteiger partial charge is 0.481 e.